The molecular weight excluding hydrogens is 410 g/mol. The monoisotopic (exact) mass is 437 g/mol. The van der Waals surface area contributed by atoms with Crippen molar-refractivity contribution in [2.45, 2.75) is 24.7 Å². The number of nitrogens with zero attached hydrogens (tertiary/aromatic N) is 6. The third-order valence-corrected chi connectivity index (χ3v) is 7.46. The summed E-state index contributed by atoms with van der Waals surface area (Å²) in [4.78, 5) is 18.8. The van der Waals surface area contributed by atoms with Crippen LogP contribution in [0.3, 0.4) is 0 Å². The van der Waals surface area contributed by atoms with Gasteiger partial charge in [-0.1, -0.05) is 24.3 Å². The molecule has 2 saturated heterocycles. The fourth-order valence-corrected chi connectivity index (χ4v) is 5.73. The van der Waals surface area contributed by atoms with Crippen LogP contribution in [0, 0.1) is 11.3 Å². The average Bonchev–Trinajstić information content (AvgIpc) is 2.89. The molecule has 2 aromatic heterocycles. The summed E-state index contributed by atoms with van der Waals surface area (Å²) in [5, 5.41) is 12.9. The molecule has 7 heteroatoms. The van der Waals surface area contributed by atoms with Crippen LogP contribution in [0.5, 0.6) is 0 Å². The lowest BCUT2D eigenvalue weighted by molar-refractivity contribution is 0.302. The molecule has 0 atom stereocenters. The zero-order valence-corrected chi connectivity index (χ0v) is 18.7. The molecule has 0 bridgehead atoms. The minimum atomic E-state index is 0.201. The normalized spacial score (nSPS) is 19.0. The maximum Gasteiger partial charge on any atom is 0.225 e. The summed E-state index contributed by atoms with van der Waals surface area (Å²) in [6.45, 7) is 5.32. The van der Waals surface area contributed by atoms with Crippen molar-refractivity contribution in [3.05, 3.63) is 65.5 Å². The van der Waals surface area contributed by atoms with Gasteiger partial charge in [0.1, 0.15) is 11.9 Å². The number of hydrogen-bond acceptors (Lipinski definition) is 7. The first-order chi connectivity index (χ1) is 16.3. The molecule has 0 saturated carbocycles. The van der Waals surface area contributed by atoms with Crippen molar-refractivity contribution in [2.24, 2.45) is 0 Å². The Morgan fingerprint density at radius 2 is 1.73 bits per heavy atom. The Bertz CT molecular complexity index is 1220. The minimum Gasteiger partial charge on any atom is -0.352 e. The van der Waals surface area contributed by atoms with Gasteiger partial charge in [-0.2, -0.15) is 5.26 Å². The molecule has 33 heavy (non-hydrogen) atoms. The van der Waals surface area contributed by atoms with Crippen molar-refractivity contribution >= 4 is 11.8 Å². The second-order valence-electron chi connectivity index (χ2n) is 9.26. The smallest absolute Gasteiger partial charge is 0.225 e. The summed E-state index contributed by atoms with van der Waals surface area (Å²) in [5.74, 6) is 1.57. The summed E-state index contributed by atoms with van der Waals surface area (Å²) in [6, 6.07) is 14.7. The standard InChI is InChI=1S/C26H27N7/c27-17-19-4-3-9-29-24(19)32-12-14-33(15-13-32)25-30-18-20-16-26(7-10-28-11-8-26)22-6-2-1-5-21(22)23(20)31-25/h1-6,9,18,28H,7-8,10-16H2. The van der Waals surface area contributed by atoms with Crippen LogP contribution in [0.4, 0.5) is 11.8 Å². The zero-order valence-electron chi connectivity index (χ0n) is 18.7. The van der Waals surface area contributed by atoms with Gasteiger partial charge in [0, 0.05) is 49.6 Å². The molecular formula is C26H27N7. The largest absolute Gasteiger partial charge is 0.352 e. The fraction of sp³-hybridized carbons (Fsp3) is 0.385. The lowest BCUT2D eigenvalue weighted by atomic mass is 9.64. The topological polar surface area (TPSA) is 81.0 Å². The molecule has 4 heterocycles. The van der Waals surface area contributed by atoms with E-state index in [1.165, 1.54) is 16.7 Å². The third-order valence-electron chi connectivity index (χ3n) is 7.46. The Kier molecular flexibility index (Phi) is 4.96. The van der Waals surface area contributed by atoms with Gasteiger partial charge in [-0.05, 0) is 55.6 Å². The first-order valence-electron chi connectivity index (χ1n) is 11.8. The van der Waals surface area contributed by atoms with E-state index in [0.29, 0.717) is 5.56 Å². The van der Waals surface area contributed by atoms with E-state index in [-0.39, 0.29) is 5.41 Å². The van der Waals surface area contributed by atoms with Crippen LogP contribution in [0.15, 0.2) is 48.8 Å². The van der Waals surface area contributed by atoms with Crippen molar-refractivity contribution in [3.63, 3.8) is 0 Å². The summed E-state index contributed by atoms with van der Waals surface area (Å²) < 4.78 is 0. The Morgan fingerprint density at radius 1 is 0.939 bits per heavy atom. The molecule has 1 aliphatic carbocycles. The predicted octanol–water partition coefficient (Wildman–Crippen LogP) is 2.91. The van der Waals surface area contributed by atoms with Crippen LogP contribution in [0.25, 0.3) is 11.3 Å². The van der Waals surface area contributed by atoms with Gasteiger partial charge in [-0.25, -0.2) is 15.0 Å². The molecule has 0 unspecified atom stereocenters. The van der Waals surface area contributed by atoms with E-state index >= 15 is 0 Å². The molecule has 166 valence electrons. The molecule has 1 aromatic carbocycles. The van der Waals surface area contributed by atoms with Crippen molar-refractivity contribution in [2.75, 3.05) is 49.1 Å². The Labute approximate surface area is 194 Å². The molecule has 3 aliphatic rings. The number of aromatic nitrogens is 3. The molecule has 3 aromatic rings. The van der Waals surface area contributed by atoms with Crippen LogP contribution in [-0.2, 0) is 11.8 Å². The lowest BCUT2D eigenvalue weighted by Gasteiger charge is -2.43. The molecule has 7 nitrogen and oxygen atoms in total. The highest BCUT2D eigenvalue weighted by atomic mass is 15.3. The van der Waals surface area contributed by atoms with Crippen molar-refractivity contribution in [1.29, 1.82) is 5.26 Å². The highest BCUT2D eigenvalue weighted by Gasteiger charge is 2.40. The van der Waals surface area contributed by atoms with Crippen molar-refractivity contribution in [3.8, 4) is 17.3 Å². The number of pyridine rings is 1. The molecule has 2 aliphatic heterocycles. The highest BCUT2D eigenvalue weighted by Crippen LogP contribution is 2.47. The number of rotatable bonds is 2. The summed E-state index contributed by atoms with van der Waals surface area (Å²) in [7, 11) is 0. The Balaban J connectivity index is 1.27. The van der Waals surface area contributed by atoms with E-state index in [1.807, 2.05) is 12.1 Å². The number of nitrogens with one attached hydrogen (secondary N) is 1. The van der Waals surface area contributed by atoms with Crippen LogP contribution in [0.1, 0.15) is 29.5 Å². The fourth-order valence-electron chi connectivity index (χ4n) is 5.73. The van der Waals surface area contributed by atoms with Gasteiger partial charge in [0.15, 0.2) is 0 Å². The Morgan fingerprint density at radius 3 is 2.55 bits per heavy atom. The molecule has 1 N–H and O–H groups in total. The zero-order chi connectivity index (χ0) is 22.3. The average molecular weight is 438 g/mol. The van der Waals surface area contributed by atoms with Gasteiger partial charge in [0.2, 0.25) is 5.95 Å². The molecule has 0 amide bonds. The number of piperidine rings is 1. The van der Waals surface area contributed by atoms with Crippen LogP contribution >= 0.6 is 0 Å². The number of piperazine rings is 1. The second kappa shape index (κ2) is 8.13. The Hall–Kier alpha value is -3.50. The van der Waals surface area contributed by atoms with E-state index in [2.05, 4.69) is 56.6 Å². The number of benzene rings is 1. The summed E-state index contributed by atoms with van der Waals surface area (Å²) >= 11 is 0. The minimum absolute atomic E-state index is 0.201. The lowest BCUT2D eigenvalue weighted by Crippen LogP contribution is -2.48. The molecule has 1 spiro atoms. The van der Waals surface area contributed by atoms with E-state index in [9.17, 15) is 5.26 Å². The van der Waals surface area contributed by atoms with Gasteiger partial charge in [-0.15, -0.1) is 0 Å². The quantitative estimate of drug-likeness (QED) is 0.660. The second-order valence-corrected chi connectivity index (χ2v) is 9.26. The van der Waals surface area contributed by atoms with E-state index < -0.39 is 0 Å². The van der Waals surface area contributed by atoms with Crippen LogP contribution in [0.2, 0.25) is 0 Å². The molecule has 6 rings (SSSR count). The van der Waals surface area contributed by atoms with Gasteiger partial charge in [-0.3, -0.25) is 0 Å². The maximum absolute atomic E-state index is 9.41. The number of hydrogen-bond donors (Lipinski definition) is 1. The van der Waals surface area contributed by atoms with Gasteiger partial charge >= 0.3 is 0 Å². The van der Waals surface area contributed by atoms with E-state index in [0.717, 1.165) is 76.0 Å². The highest BCUT2D eigenvalue weighted by molar-refractivity contribution is 5.72. The third kappa shape index (κ3) is 3.42. The first kappa shape index (κ1) is 20.1. The van der Waals surface area contributed by atoms with Gasteiger partial charge in [0.25, 0.3) is 0 Å². The van der Waals surface area contributed by atoms with E-state index in [4.69, 9.17) is 9.97 Å². The first-order valence-corrected chi connectivity index (χ1v) is 11.8. The SMILES string of the molecule is N#Cc1cccnc1N1CCN(c2ncc3c(n2)-c2ccccc2C2(CCNCC2)C3)CC1. The number of fused-ring (bicyclic) bond motifs is 4. The van der Waals surface area contributed by atoms with Crippen molar-refractivity contribution < 1.29 is 0 Å². The van der Waals surface area contributed by atoms with Gasteiger partial charge in [0.05, 0.1) is 11.3 Å². The summed E-state index contributed by atoms with van der Waals surface area (Å²) in [5.41, 5.74) is 5.91. The van der Waals surface area contributed by atoms with Crippen LogP contribution in [-0.4, -0.2) is 54.2 Å². The summed E-state index contributed by atoms with van der Waals surface area (Å²) in [6.07, 6.45) is 7.15. The predicted molar refractivity (Wildman–Crippen MR) is 128 cm³/mol. The number of nitriles is 1. The van der Waals surface area contributed by atoms with E-state index in [1.54, 1.807) is 6.20 Å². The molecule has 2 fully saturated rings. The van der Waals surface area contributed by atoms with Crippen molar-refractivity contribution in [1.82, 2.24) is 20.3 Å². The van der Waals surface area contributed by atoms with Crippen LogP contribution < -0.4 is 15.1 Å². The number of anilines is 2. The maximum atomic E-state index is 9.41. The van der Waals surface area contributed by atoms with Gasteiger partial charge < -0.3 is 15.1 Å². The molecule has 0 radical (unpaired) electrons.